The third-order valence-corrected chi connectivity index (χ3v) is 15.0. The molecule has 0 aliphatic carbocycles. The molecule has 508 valence electrons. The number of ether oxygens (including phenoxy) is 5. The lowest BCUT2D eigenvalue weighted by Crippen LogP contribution is -2.64. The zero-order chi connectivity index (χ0) is 64.9. The van der Waals surface area contributed by atoms with Crippen molar-refractivity contribution in [2.45, 2.75) is 202 Å². The van der Waals surface area contributed by atoms with E-state index >= 15 is 0 Å². The number of rotatable bonds is 57. The molecule has 0 radical (unpaired) electrons. The highest BCUT2D eigenvalue weighted by Gasteiger charge is 2.45. The largest absolute Gasteiger partial charge is 0.394 e. The molecule has 0 aromatic rings. The van der Waals surface area contributed by atoms with Crippen molar-refractivity contribution in [1.29, 1.82) is 0 Å². The van der Waals surface area contributed by atoms with E-state index in [0.717, 1.165) is 76.4 Å². The summed E-state index contributed by atoms with van der Waals surface area (Å²) in [6, 6.07) is -1.06. The van der Waals surface area contributed by atoms with E-state index in [4.69, 9.17) is 29.4 Å². The van der Waals surface area contributed by atoms with E-state index in [-0.39, 0.29) is 144 Å². The first-order valence-corrected chi connectivity index (χ1v) is 33.1. The van der Waals surface area contributed by atoms with Gasteiger partial charge in [0.05, 0.1) is 52.8 Å². The Bertz CT molecular complexity index is 1970. The standard InChI is InChI=1S/C59H108N10O17S2/c1-45(71)68-55-57(80)56(79)47(41-70)86-58(55)85-36-16-13-22-49(73)64-32-19-33-65-52(76)26-38-83-43-59(42-82-37-25-51(75)63-31-18-28-60,44-84-39-27-53(77)66-34-20-35-67-81)69-54(78)23-12-8-6-4-3-5-7-11-21-48(72)61-29-14-9-10-15-30-62-50(74)24-17-40-88-46(2)87/h17,24,46-47,55-58,70,79-80,87H,3-16,18-23,25-44,60H2,1-2H3,(H,61,72)(H,62,74)(H,63,75)(H,64,73)(H,65,76)(H,66,77)(H,68,71)(H,69,78)/b24-17+/t46?,47?,55?,56-,57?,58-,59?/m1/s1. The van der Waals surface area contributed by atoms with Crippen LogP contribution in [-0.2, 0) is 62.0 Å². The number of carbonyl (C=O) groups excluding carboxylic acids is 8. The summed E-state index contributed by atoms with van der Waals surface area (Å²) in [5.41, 5.74) is 4.28. The minimum Gasteiger partial charge on any atom is -0.394 e. The van der Waals surface area contributed by atoms with Crippen LogP contribution in [0.3, 0.4) is 0 Å². The SMILES string of the molecule is CC(=O)NC1C(O)[C@H](O)C(CO)O[C@H]1OCCCCC(=O)NCCCNC(=O)CCOCC(COCCC(=O)NCCCN)(COCCC(=O)NCCCN=O)NC(=O)CCCCCCCCCCC(=O)NCCCCCCNC(=O)/C=C/CSC(C)S. The van der Waals surface area contributed by atoms with Crippen LogP contribution < -0.4 is 48.3 Å². The molecule has 1 heterocycles. The van der Waals surface area contributed by atoms with Gasteiger partial charge in [-0.2, -0.15) is 17.5 Å². The van der Waals surface area contributed by atoms with Gasteiger partial charge >= 0.3 is 0 Å². The van der Waals surface area contributed by atoms with Crippen LogP contribution in [0, 0.1) is 4.91 Å². The van der Waals surface area contributed by atoms with E-state index in [0.29, 0.717) is 77.7 Å². The van der Waals surface area contributed by atoms with Gasteiger partial charge in [-0.25, -0.2) is 0 Å². The first kappa shape index (κ1) is 81.5. The third kappa shape index (κ3) is 44.8. The van der Waals surface area contributed by atoms with Crippen molar-refractivity contribution >= 4 is 71.6 Å². The van der Waals surface area contributed by atoms with E-state index in [1.54, 1.807) is 17.8 Å². The van der Waals surface area contributed by atoms with Crippen LogP contribution >= 0.6 is 24.4 Å². The maximum absolute atomic E-state index is 13.7. The summed E-state index contributed by atoms with van der Waals surface area (Å²) in [5.74, 6) is -1.07. The number of thioether (sulfide) groups is 1. The van der Waals surface area contributed by atoms with Crippen molar-refractivity contribution < 1.29 is 77.4 Å². The van der Waals surface area contributed by atoms with Gasteiger partial charge in [0.25, 0.3) is 0 Å². The maximum atomic E-state index is 13.7. The number of nitrogens with one attached hydrogen (secondary N) is 8. The van der Waals surface area contributed by atoms with Crippen LogP contribution in [0.4, 0.5) is 0 Å². The Labute approximate surface area is 530 Å². The summed E-state index contributed by atoms with van der Waals surface area (Å²) in [7, 11) is 0. The summed E-state index contributed by atoms with van der Waals surface area (Å²) in [6.45, 7) is 5.39. The summed E-state index contributed by atoms with van der Waals surface area (Å²) in [4.78, 5) is 110. The van der Waals surface area contributed by atoms with Crippen LogP contribution in [0.1, 0.15) is 162 Å². The number of carbonyl (C=O) groups is 8. The van der Waals surface area contributed by atoms with Crippen molar-refractivity contribution in [1.82, 2.24) is 42.5 Å². The minimum absolute atomic E-state index is 0.00632. The smallest absolute Gasteiger partial charge is 0.243 e. The molecule has 0 saturated carbocycles. The summed E-state index contributed by atoms with van der Waals surface area (Å²) < 4.78 is 29.5. The van der Waals surface area contributed by atoms with Crippen molar-refractivity contribution in [3.63, 3.8) is 0 Å². The van der Waals surface area contributed by atoms with Crippen LogP contribution in [0.5, 0.6) is 0 Å². The highest BCUT2D eigenvalue weighted by molar-refractivity contribution is 8.10. The number of unbranched alkanes of at least 4 members (excludes halogenated alkanes) is 11. The molecule has 0 spiro atoms. The molecule has 0 aromatic heterocycles. The van der Waals surface area contributed by atoms with Crippen LogP contribution in [0.25, 0.3) is 0 Å². The quantitative estimate of drug-likeness (QED) is 0.0136. The van der Waals surface area contributed by atoms with Crippen LogP contribution in [0.15, 0.2) is 17.3 Å². The fraction of sp³-hybridized carbons (Fsp3) is 0.831. The van der Waals surface area contributed by atoms with Gasteiger partial charge < -0.3 is 87.3 Å². The molecular weight excluding hydrogens is 1180 g/mol. The Hall–Kier alpha value is -4.56. The van der Waals surface area contributed by atoms with Gasteiger partial charge in [0.2, 0.25) is 47.3 Å². The zero-order valence-electron chi connectivity index (χ0n) is 52.3. The number of hydrogen-bond acceptors (Lipinski definition) is 21. The highest BCUT2D eigenvalue weighted by atomic mass is 32.2. The Kier molecular flexibility index (Phi) is 50.2. The molecule has 5 unspecified atom stereocenters. The van der Waals surface area contributed by atoms with E-state index in [1.807, 2.05) is 13.0 Å². The molecule has 0 aromatic carbocycles. The zero-order valence-corrected chi connectivity index (χ0v) is 54.1. The number of aliphatic hydroxyl groups excluding tert-OH is 3. The van der Waals surface area contributed by atoms with Crippen LogP contribution in [-0.4, -0.2) is 214 Å². The second-order valence-electron chi connectivity index (χ2n) is 21.8. The summed E-state index contributed by atoms with van der Waals surface area (Å²) in [5, 5.41) is 55.5. The normalized spacial score (nSPS) is 17.5. The average molecular weight is 1290 g/mol. The molecule has 7 atom stereocenters. The fourth-order valence-corrected chi connectivity index (χ4v) is 9.60. The number of nitrogens with two attached hydrogens (primary N) is 1. The van der Waals surface area contributed by atoms with Crippen molar-refractivity contribution in [3.8, 4) is 0 Å². The van der Waals surface area contributed by atoms with Crippen molar-refractivity contribution in [2.75, 3.05) is 111 Å². The number of amides is 8. The molecule has 1 fully saturated rings. The summed E-state index contributed by atoms with van der Waals surface area (Å²) in [6.07, 6.45) is 12.4. The van der Waals surface area contributed by atoms with Crippen molar-refractivity contribution in [2.24, 2.45) is 10.9 Å². The molecule has 0 bridgehead atoms. The van der Waals surface area contributed by atoms with E-state index in [1.165, 1.54) is 6.92 Å². The number of hydrogen-bond donors (Lipinski definition) is 13. The topological polar surface area (TPSA) is 395 Å². The van der Waals surface area contributed by atoms with Gasteiger partial charge in [-0.3, -0.25) is 38.4 Å². The summed E-state index contributed by atoms with van der Waals surface area (Å²) >= 11 is 5.95. The first-order valence-electron chi connectivity index (χ1n) is 31.6. The Morgan fingerprint density at radius 1 is 0.591 bits per heavy atom. The molecule has 29 heteroatoms. The molecule has 1 saturated heterocycles. The fourth-order valence-electron chi connectivity index (χ4n) is 8.86. The maximum Gasteiger partial charge on any atom is 0.243 e. The lowest BCUT2D eigenvalue weighted by Gasteiger charge is -2.42. The molecule has 1 aliphatic heterocycles. The van der Waals surface area contributed by atoms with Gasteiger partial charge in [0.15, 0.2) is 6.29 Å². The molecular formula is C59H108N10O17S2. The lowest BCUT2D eigenvalue weighted by atomic mass is 9.97. The van der Waals surface area contributed by atoms with Crippen molar-refractivity contribution in [3.05, 3.63) is 17.1 Å². The van der Waals surface area contributed by atoms with Gasteiger partial charge in [-0.05, 0) is 77.3 Å². The van der Waals surface area contributed by atoms with Gasteiger partial charge in [0.1, 0.15) is 29.9 Å². The van der Waals surface area contributed by atoms with E-state index in [9.17, 15) is 58.6 Å². The van der Waals surface area contributed by atoms with E-state index < -0.39 is 48.7 Å². The van der Waals surface area contributed by atoms with Gasteiger partial charge in [-0.15, -0.1) is 11.8 Å². The molecule has 27 nitrogen and oxygen atoms in total. The third-order valence-electron chi connectivity index (χ3n) is 13.7. The second kappa shape index (κ2) is 54.2. The Morgan fingerprint density at radius 2 is 1.03 bits per heavy atom. The monoisotopic (exact) mass is 1290 g/mol. The number of aliphatic hydroxyl groups is 3. The Balaban J connectivity index is 2.62. The Morgan fingerprint density at radius 3 is 1.52 bits per heavy atom. The molecule has 8 amide bonds. The first-order chi connectivity index (χ1) is 42.4. The second-order valence-corrected chi connectivity index (χ2v) is 24.3. The van der Waals surface area contributed by atoms with Gasteiger partial charge in [0, 0.05) is 102 Å². The van der Waals surface area contributed by atoms with Gasteiger partial charge in [-0.1, -0.05) is 62.6 Å². The number of thiol groups is 1. The predicted molar refractivity (Wildman–Crippen MR) is 339 cm³/mol. The number of nitrogens with zero attached hydrogens (tertiary/aromatic N) is 1. The molecule has 13 N–H and O–H groups in total. The number of nitroso groups, excluding NO2 is 1. The predicted octanol–water partition coefficient (Wildman–Crippen LogP) is 1.81. The highest BCUT2D eigenvalue weighted by Crippen LogP contribution is 2.23. The van der Waals surface area contributed by atoms with Crippen LogP contribution in [0.2, 0.25) is 0 Å². The minimum atomic E-state index is -1.43. The molecule has 88 heavy (non-hydrogen) atoms. The molecule has 1 aliphatic rings. The molecule has 1 rings (SSSR count). The van der Waals surface area contributed by atoms with E-state index in [2.05, 4.69) is 60.3 Å². The average Bonchev–Trinajstić information content (AvgIpc) is 1.57. The lowest BCUT2D eigenvalue weighted by molar-refractivity contribution is -0.270.